The van der Waals surface area contributed by atoms with Gasteiger partial charge in [0.25, 0.3) is 0 Å². The molecule has 0 heterocycles. The Labute approximate surface area is 102 Å². The van der Waals surface area contributed by atoms with Gasteiger partial charge in [0.2, 0.25) is 0 Å². The van der Waals surface area contributed by atoms with Crippen molar-refractivity contribution in [2.75, 3.05) is 7.11 Å². The van der Waals surface area contributed by atoms with Crippen LogP contribution in [-0.2, 0) is 19.1 Å². The lowest BCUT2D eigenvalue weighted by atomic mass is 9.71. The van der Waals surface area contributed by atoms with Crippen molar-refractivity contribution in [2.24, 2.45) is 5.41 Å². The smallest absolute Gasteiger partial charge is 0.334 e. The van der Waals surface area contributed by atoms with Crippen molar-refractivity contribution in [3.8, 4) is 0 Å². The van der Waals surface area contributed by atoms with Gasteiger partial charge in [0, 0.05) is 12.5 Å². The van der Waals surface area contributed by atoms with Crippen molar-refractivity contribution >= 4 is 11.9 Å². The molecule has 0 spiro atoms. The van der Waals surface area contributed by atoms with E-state index in [4.69, 9.17) is 9.47 Å². The highest BCUT2D eigenvalue weighted by Crippen LogP contribution is 2.41. The number of rotatable bonds is 2. The minimum absolute atomic E-state index is 0.228. The number of hydrogen-bond donors (Lipinski definition) is 0. The molecule has 1 rings (SSSR count). The first-order valence-corrected chi connectivity index (χ1v) is 5.76. The number of hydrogen-bond acceptors (Lipinski definition) is 4. The van der Waals surface area contributed by atoms with Crippen LogP contribution in [0.4, 0.5) is 0 Å². The molecule has 1 unspecified atom stereocenters. The van der Waals surface area contributed by atoms with E-state index in [1.165, 1.54) is 14.0 Å². The van der Waals surface area contributed by atoms with E-state index < -0.39 is 0 Å². The van der Waals surface area contributed by atoms with E-state index >= 15 is 0 Å². The van der Waals surface area contributed by atoms with Crippen molar-refractivity contribution in [3.05, 3.63) is 11.1 Å². The van der Waals surface area contributed by atoms with Gasteiger partial charge in [0.05, 0.1) is 7.11 Å². The zero-order chi connectivity index (χ0) is 13.2. The molecule has 0 fully saturated rings. The molecule has 0 aromatic heterocycles. The summed E-state index contributed by atoms with van der Waals surface area (Å²) in [5, 5.41) is 0. The van der Waals surface area contributed by atoms with Gasteiger partial charge in [-0.25, -0.2) is 4.79 Å². The lowest BCUT2D eigenvalue weighted by Crippen LogP contribution is -2.34. The zero-order valence-corrected chi connectivity index (χ0v) is 11.1. The van der Waals surface area contributed by atoms with Crippen molar-refractivity contribution < 1.29 is 19.1 Å². The summed E-state index contributed by atoms with van der Waals surface area (Å²) in [7, 11) is 1.37. The summed E-state index contributed by atoms with van der Waals surface area (Å²) >= 11 is 0. The Bertz CT molecular complexity index is 366. The van der Waals surface area contributed by atoms with E-state index in [-0.39, 0.29) is 23.5 Å². The first kappa shape index (κ1) is 13.7. The summed E-state index contributed by atoms with van der Waals surface area (Å²) in [5.41, 5.74) is 1.22. The lowest BCUT2D eigenvalue weighted by Gasteiger charge is -2.36. The van der Waals surface area contributed by atoms with Crippen LogP contribution < -0.4 is 0 Å². The van der Waals surface area contributed by atoms with Gasteiger partial charge in [-0.3, -0.25) is 4.79 Å². The van der Waals surface area contributed by atoms with Crippen molar-refractivity contribution in [1.82, 2.24) is 0 Å². The first-order chi connectivity index (χ1) is 7.79. The molecular weight excluding hydrogens is 220 g/mol. The third-order valence-corrected chi connectivity index (χ3v) is 3.28. The largest absolute Gasteiger partial charge is 0.466 e. The van der Waals surface area contributed by atoms with E-state index in [2.05, 4.69) is 0 Å². The predicted molar refractivity (Wildman–Crippen MR) is 63.3 cm³/mol. The average molecular weight is 240 g/mol. The van der Waals surface area contributed by atoms with E-state index in [9.17, 15) is 9.59 Å². The molecule has 1 aliphatic carbocycles. The van der Waals surface area contributed by atoms with E-state index in [1.54, 1.807) is 0 Å². The van der Waals surface area contributed by atoms with Gasteiger partial charge in [-0.1, -0.05) is 13.8 Å². The highest BCUT2D eigenvalue weighted by atomic mass is 16.5. The Morgan fingerprint density at radius 2 is 1.94 bits per heavy atom. The van der Waals surface area contributed by atoms with E-state index in [0.717, 1.165) is 18.4 Å². The number of esters is 2. The minimum atomic E-state index is -0.329. The topological polar surface area (TPSA) is 52.6 Å². The van der Waals surface area contributed by atoms with Gasteiger partial charge in [-0.05, 0) is 30.8 Å². The van der Waals surface area contributed by atoms with Crippen LogP contribution in [0.15, 0.2) is 11.1 Å². The van der Waals surface area contributed by atoms with Crippen LogP contribution in [0.3, 0.4) is 0 Å². The van der Waals surface area contributed by atoms with Crippen LogP contribution in [0, 0.1) is 5.41 Å². The van der Waals surface area contributed by atoms with Crippen LogP contribution in [0.25, 0.3) is 0 Å². The standard InChI is InChI=1S/C13H20O4/c1-8-10(17-9(2)14)6-7-13(3,4)11(8)12(15)16-5/h10H,6-7H2,1-5H3. The summed E-state index contributed by atoms with van der Waals surface area (Å²) in [6, 6.07) is 0. The SMILES string of the molecule is COC(=O)C1=C(C)C(OC(C)=O)CCC1(C)C. The van der Waals surface area contributed by atoms with Gasteiger partial charge in [-0.15, -0.1) is 0 Å². The maximum atomic E-state index is 11.8. The lowest BCUT2D eigenvalue weighted by molar-refractivity contribution is -0.146. The second-order valence-electron chi connectivity index (χ2n) is 5.07. The average Bonchev–Trinajstić information content (AvgIpc) is 2.21. The summed E-state index contributed by atoms with van der Waals surface area (Å²) in [6.07, 6.45) is 1.25. The van der Waals surface area contributed by atoms with Gasteiger partial charge >= 0.3 is 11.9 Å². The summed E-state index contributed by atoms with van der Waals surface area (Å²) in [5.74, 6) is -0.650. The molecule has 0 saturated heterocycles. The Hall–Kier alpha value is -1.32. The van der Waals surface area contributed by atoms with Crippen molar-refractivity contribution in [2.45, 2.75) is 46.6 Å². The third-order valence-electron chi connectivity index (χ3n) is 3.28. The maximum absolute atomic E-state index is 11.8. The van der Waals surface area contributed by atoms with Crippen LogP contribution >= 0.6 is 0 Å². The number of carbonyl (C=O) groups is 2. The van der Waals surface area contributed by atoms with E-state index in [0.29, 0.717) is 5.57 Å². The molecule has 0 radical (unpaired) electrons. The zero-order valence-electron chi connectivity index (χ0n) is 11.1. The molecule has 0 aliphatic heterocycles. The van der Waals surface area contributed by atoms with Crippen molar-refractivity contribution in [1.29, 1.82) is 0 Å². The Morgan fingerprint density at radius 3 is 2.41 bits per heavy atom. The van der Waals surface area contributed by atoms with Gasteiger partial charge in [0.1, 0.15) is 6.10 Å². The normalized spacial score (nSPS) is 23.2. The molecule has 0 saturated carbocycles. The molecule has 0 N–H and O–H groups in total. The highest BCUT2D eigenvalue weighted by molar-refractivity contribution is 5.91. The Morgan fingerprint density at radius 1 is 1.35 bits per heavy atom. The fourth-order valence-corrected chi connectivity index (χ4v) is 2.42. The molecule has 4 nitrogen and oxygen atoms in total. The first-order valence-electron chi connectivity index (χ1n) is 5.76. The van der Waals surface area contributed by atoms with Crippen molar-refractivity contribution in [3.63, 3.8) is 0 Å². The second-order valence-corrected chi connectivity index (χ2v) is 5.07. The fourth-order valence-electron chi connectivity index (χ4n) is 2.42. The molecule has 0 amide bonds. The molecule has 4 heteroatoms. The molecule has 1 aliphatic rings. The van der Waals surface area contributed by atoms with Gasteiger partial charge in [-0.2, -0.15) is 0 Å². The van der Waals surface area contributed by atoms with Crippen LogP contribution in [0.5, 0.6) is 0 Å². The predicted octanol–water partition coefficient (Wildman–Crippen LogP) is 2.23. The van der Waals surface area contributed by atoms with Crippen LogP contribution in [-0.4, -0.2) is 25.2 Å². The van der Waals surface area contributed by atoms with Crippen LogP contribution in [0.1, 0.15) is 40.5 Å². The number of methoxy groups -OCH3 is 1. The summed E-state index contributed by atoms with van der Waals surface area (Å²) in [6.45, 7) is 7.23. The van der Waals surface area contributed by atoms with E-state index in [1.807, 2.05) is 20.8 Å². The summed E-state index contributed by atoms with van der Waals surface area (Å²) < 4.78 is 10.0. The molecular formula is C13H20O4. The Kier molecular flexibility index (Phi) is 3.96. The molecule has 96 valence electrons. The van der Waals surface area contributed by atoms with Gasteiger partial charge in [0.15, 0.2) is 0 Å². The van der Waals surface area contributed by atoms with Gasteiger partial charge < -0.3 is 9.47 Å². The maximum Gasteiger partial charge on any atom is 0.334 e. The molecule has 0 aromatic rings. The fraction of sp³-hybridized carbons (Fsp3) is 0.692. The quantitative estimate of drug-likeness (QED) is 0.694. The molecule has 0 bridgehead atoms. The number of ether oxygens (including phenoxy) is 2. The monoisotopic (exact) mass is 240 g/mol. The third kappa shape index (κ3) is 2.87. The second kappa shape index (κ2) is 4.90. The Balaban J connectivity index is 3.12. The number of carbonyl (C=O) groups excluding carboxylic acids is 2. The highest BCUT2D eigenvalue weighted by Gasteiger charge is 2.38. The molecule has 1 atom stereocenters. The minimum Gasteiger partial charge on any atom is -0.466 e. The molecule has 0 aromatic carbocycles. The van der Waals surface area contributed by atoms with Crippen LogP contribution in [0.2, 0.25) is 0 Å². The summed E-state index contributed by atoms with van der Waals surface area (Å²) in [4.78, 5) is 22.8. The molecule has 17 heavy (non-hydrogen) atoms.